The minimum Gasteiger partial charge on any atom is -0.367 e. The maximum Gasteiger partial charge on any atom is 0.132 e. The number of pyridine rings is 1. The summed E-state index contributed by atoms with van der Waals surface area (Å²) in [5.41, 5.74) is 7.28. The van der Waals surface area contributed by atoms with E-state index in [-0.39, 0.29) is 5.54 Å². The fourth-order valence-electron chi connectivity index (χ4n) is 2.28. The molecule has 1 aromatic heterocycles. The number of nitrogens with one attached hydrogen (secondary N) is 1. The van der Waals surface area contributed by atoms with E-state index in [1.54, 1.807) is 0 Å². The number of aromatic nitrogens is 1. The van der Waals surface area contributed by atoms with Gasteiger partial charge in [0.2, 0.25) is 0 Å². The van der Waals surface area contributed by atoms with Crippen LogP contribution in [0.5, 0.6) is 0 Å². The molecule has 0 spiro atoms. The van der Waals surface area contributed by atoms with Crippen molar-refractivity contribution in [1.82, 2.24) is 4.98 Å². The van der Waals surface area contributed by atoms with Crippen molar-refractivity contribution >= 4 is 21.7 Å². The van der Waals surface area contributed by atoms with Gasteiger partial charge >= 0.3 is 0 Å². The molecule has 4 rings (SSSR count). The predicted octanol–water partition coefficient (Wildman–Crippen LogP) is 1.59. The first kappa shape index (κ1) is 7.76. The number of nitrogens with two attached hydrogens (primary N) is 1. The summed E-state index contributed by atoms with van der Waals surface area (Å²) in [7, 11) is 0. The van der Waals surface area contributed by atoms with Gasteiger partial charge in [-0.05, 0) is 34.8 Å². The summed E-state index contributed by atoms with van der Waals surface area (Å²) in [5.74, 6) is 0.958. The molecular weight excluding hydrogens is 230 g/mol. The Balaban J connectivity index is 2.18. The van der Waals surface area contributed by atoms with Gasteiger partial charge in [0.1, 0.15) is 10.4 Å². The van der Waals surface area contributed by atoms with Crippen molar-refractivity contribution in [3.63, 3.8) is 0 Å². The largest absolute Gasteiger partial charge is 0.367 e. The number of hydrogen-bond acceptors (Lipinski definition) is 3. The van der Waals surface area contributed by atoms with Crippen molar-refractivity contribution in [2.45, 2.75) is 24.4 Å². The van der Waals surface area contributed by atoms with E-state index in [2.05, 4.69) is 32.3 Å². The fraction of sp³-hybridized carbons (Fsp3) is 0.444. The standard InChI is InChI=1S/C9H10BrN3/c10-7-2-1-6-8(13-7)12-5-3-9(6,11)4-5/h1-2,5H,3-4,11H2,(H,12,13). The highest BCUT2D eigenvalue weighted by atomic mass is 79.9. The number of anilines is 1. The average molecular weight is 240 g/mol. The highest BCUT2D eigenvalue weighted by Gasteiger charge is 2.48. The van der Waals surface area contributed by atoms with Crippen molar-refractivity contribution in [3.05, 3.63) is 22.3 Å². The molecular formula is C9H10BrN3. The van der Waals surface area contributed by atoms with E-state index in [1.807, 2.05) is 6.07 Å². The lowest BCUT2D eigenvalue weighted by atomic mass is 9.66. The summed E-state index contributed by atoms with van der Waals surface area (Å²) < 4.78 is 0.864. The van der Waals surface area contributed by atoms with Crippen LogP contribution in [0, 0.1) is 0 Å². The summed E-state index contributed by atoms with van der Waals surface area (Å²) in [6.45, 7) is 0. The van der Waals surface area contributed by atoms with Gasteiger partial charge in [-0.25, -0.2) is 4.98 Å². The second kappa shape index (κ2) is 2.25. The average Bonchev–Trinajstić information content (AvgIpc) is 2.01. The van der Waals surface area contributed by atoms with E-state index in [0.717, 1.165) is 23.3 Å². The van der Waals surface area contributed by atoms with E-state index >= 15 is 0 Å². The van der Waals surface area contributed by atoms with Crippen LogP contribution in [-0.4, -0.2) is 11.0 Å². The number of nitrogens with zero attached hydrogens (tertiary/aromatic N) is 1. The quantitative estimate of drug-likeness (QED) is 0.677. The lowest BCUT2D eigenvalue weighted by Crippen LogP contribution is -2.58. The zero-order valence-electron chi connectivity index (χ0n) is 7.05. The van der Waals surface area contributed by atoms with E-state index < -0.39 is 0 Å². The zero-order chi connectivity index (χ0) is 9.05. The van der Waals surface area contributed by atoms with E-state index in [9.17, 15) is 0 Å². The van der Waals surface area contributed by atoms with Crippen LogP contribution in [0.3, 0.4) is 0 Å². The van der Waals surface area contributed by atoms with Crippen LogP contribution in [0.1, 0.15) is 18.4 Å². The van der Waals surface area contributed by atoms with Crippen molar-refractivity contribution in [1.29, 1.82) is 0 Å². The van der Waals surface area contributed by atoms with Gasteiger partial charge in [-0.15, -0.1) is 0 Å². The first-order chi connectivity index (χ1) is 6.17. The van der Waals surface area contributed by atoms with Gasteiger partial charge in [0.25, 0.3) is 0 Å². The molecule has 3 aliphatic rings. The molecule has 13 heavy (non-hydrogen) atoms. The first-order valence-electron chi connectivity index (χ1n) is 4.40. The van der Waals surface area contributed by atoms with E-state index in [0.29, 0.717) is 6.04 Å². The molecule has 68 valence electrons. The summed E-state index contributed by atoms with van der Waals surface area (Å²) in [6, 6.07) is 4.56. The third-order valence-corrected chi connectivity index (χ3v) is 3.40. The van der Waals surface area contributed by atoms with Gasteiger partial charge in [-0.1, -0.05) is 6.07 Å². The Morgan fingerprint density at radius 1 is 1.54 bits per heavy atom. The van der Waals surface area contributed by atoms with Crippen LogP contribution in [0.15, 0.2) is 16.7 Å². The molecule has 0 aromatic carbocycles. The van der Waals surface area contributed by atoms with Crippen LogP contribution in [0.2, 0.25) is 0 Å². The minimum absolute atomic E-state index is 0.0983. The van der Waals surface area contributed by atoms with Gasteiger partial charge in [0.15, 0.2) is 0 Å². The zero-order valence-corrected chi connectivity index (χ0v) is 8.63. The van der Waals surface area contributed by atoms with Crippen LogP contribution < -0.4 is 11.1 Å². The number of halogens is 1. The lowest BCUT2D eigenvalue weighted by molar-refractivity contribution is 0.211. The Kier molecular flexibility index (Phi) is 1.34. The Hall–Kier alpha value is -0.610. The van der Waals surface area contributed by atoms with Gasteiger partial charge < -0.3 is 11.1 Å². The highest BCUT2D eigenvalue weighted by Crippen LogP contribution is 2.47. The van der Waals surface area contributed by atoms with Crippen LogP contribution >= 0.6 is 15.9 Å². The molecule has 3 nitrogen and oxygen atoms in total. The molecule has 3 N–H and O–H groups in total. The fourth-order valence-corrected chi connectivity index (χ4v) is 2.59. The lowest BCUT2D eigenvalue weighted by Gasteiger charge is -2.50. The summed E-state index contributed by atoms with van der Waals surface area (Å²) in [4.78, 5) is 4.37. The Labute approximate surface area is 84.9 Å². The third-order valence-electron chi connectivity index (χ3n) is 2.96. The highest BCUT2D eigenvalue weighted by molar-refractivity contribution is 9.10. The predicted molar refractivity (Wildman–Crippen MR) is 54.4 cm³/mol. The topological polar surface area (TPSA) is 50.9 Å². The van der Waals surface area contributed by atoms with Gasteiger partial charge in [0, 0.05) is 17.1 Å². The molecule has 1 aromatic rings. The van der Waals surface area contributed by atoms with Crippen molar-refractivity contribution in [2.24, 2.45) is 5.73 Å². The third kappa shape index (κ3) is 0.957. The van der Waals surface area contributed by atoms with Gasteiger partial charge in [-0.2, -0.15) is 0 Å². The molecule has 1 aliphatic carbocycles. The molecule has 1 fully saturated rings. The SMILES string of the molecule is NC12CC(C1)Nc1nc(Br)ccc12. The monoisotopic (exact) mass is 239 g/mol. The smallest absolute Gasteiger partial charge is 0.132 e. The molecule has 2 bridgehead atoms. The second-order valence-electron chi connectivity index (χ2n) is 3.94. The number of rotatable bonds is 0. The van der Waals surface area contributed by atoms with Gasteiger partial charge in [0.05, 0.1) is 0 Å². The van der Waals surface area contributed by atoms with Crippen LogP contribution in [-0.2, 0) is 5.54 Å². The molecule has 0 radical (unpaired) electrons. The normalized spacial score (nSPS) is 34.5. The molecule has 2 aliphatic heterocycles. The first-order valence-corrected chi connectivity index (χ1v) is 5.19. The van der Waals surface area contributed by atoms with Crippen molar-refractivity contribution < 1.29 is 0 Å². The summed E-state index contributed by atoms with van der Waals surface area (Å²) in [6.07, 6.45) is 2.09. The van der Waals surface area contributed by atoms with E-state index in [4.69, 9.17) is 5.73 Å². The van der Waals surface area contributed by atoms with Crippen LogP contribution in [0.25, 0.3) is 0 Å². The maximum absolute atomic E-state index is 6.21. The molecule has 3 heterocycles. The summed E-state index contributed by atoms with van der Waals surface area (Å²) in [5, 5.41) is 3.37. The molecule has 0 unspecified atom stereocenters. The van der Waals surface area contributed by atoms with Gasteiger partial charge in [-0.3, -0.25) is 0 Å². The second-order valence-corrected chi connectivity index (χ2v) is 4.75. The molecule has 0 atom stereocenters. The van der Waals surface area contributed by atoms with Crippen LogP contribution in [0.4, 0.5) is 5.82 Å². The minimum atomic E-state index is -0.0983. The number of hydrogen-bond donors (Lipinski definition) is 2. The van der Waals surface area contributed by atoms with Crippen molar-refractivity contribution in [3.8, 4) is 0 Å². The Morgan fingerprint density at radius 2 is 2.31 bits per heavy atom. The molecule has 0 amide bonds. The van der Waals surface area contributed by atoms with E-state index in [1.165, 1.54) is 5.56 Å². The Bertz CT molecular complexity index is 371. The Morgan fingerprint density at radius 3 is 3.08 bits per heavy atom. The van der Waals surface area contributed by atoms with Crippen molar-refractivity contribution in [2.75, 3.05) is 5.32 Å². The maximum atomic E-state index is 6.21. The molecule has 1 saturated carbocycles. The molecule has 4 heteroatoms. The molecule has 0 saturated heterocycles. The summed E-state index contributed by atoms with van der Waals surface area (Å²) >= 11 is 3.35.